The zero-order valence-corrected chi connectivity index (χ0v) is 21.5. The molecule has 4 rings (SSSR count). The molecule has 2 aliphatic heterocycles. The van der Waals surface area contributed by atoms with Crippen molar-refractivity contribution in [1.29, 1.82) is 0 Å². The van der Waals surface area contributed by atoms with Crippen LogP contribution in [0, 0.1) is 0 Å². The second-order valence-corrected chi connectivity index (χ2v) is 9.21. The molecule has 2 heterocycles. The molecule has 2 unspecified atom stereocenters. The molecule has 2 aromatic rings. The fourth-order valence-corrected chi connectivity index (χ4v) is 4.75. The van der Waals surface area contributed by atoms with Gasteiger partial charge in [-0.15, -0.1) is 0 Å². The Morgan fingerprint density at radius 3 is 2.33 bits per heavy atom. The molecular formula is C27H32N2O7. The van der Waals surface area contributed by atoms with E-state index < -0.39 is 17.7 Å². The Bertz CT molecular complexity index is 1200. The number of ether oxygens (including phenoxy) is 4. The van der Waals surface area contributed by atoms with Gasteiger partial charge in [-0.2, -0.15) is 0 Å². The van der Waals surface area contributed by atoms with E-state index in [1.54, 1.807) is 24.3 Å². The van der Waals surface area contributed by atoms with Crippen LogP contribution in [-0.4, -0.2) is 81.2 Å². The minimum atomic E-state index is -0.845. The Balaban J connectivity index is 1.90. The number of carbonyl (C=O) groups is 2. The number of hydrogen-bond acceptors (Lipinski definition) is 8. The number of benzene rings is 2. The van der Waals surface area contributed by atoms with E-state index in [9.17, 15) is 14.7 Å². The average Bonchev–Trinajstić information content (AvgIpc) is 3.36. The minimum absolute atomic E-state index is 0.0138. The molecule has 9 nitrogen and oxygen atoms in total. The van der Waals surface area contributed by atoms with E-state index >= 15 is 0 Å². The monoisotopic (exact) mass is 496 g/mol. The van der Waals surface area contributed by atoms with Crippen molar-refractivity contribution < 1.29 is 33.6 Å². The lowest BCUT2D eigenvalue weighted by Gasteiger charge is -2.27. The molecule has 1 saturated heterocycles. The molecule has 2 aromatic carbocycles. The number of likely N-dealkylation sites (N-methyl/N-ethyl adjacent to an activating group) is 1. The number of hydrogen-bond donors (Lipinski definition) is 1. The SMILES string of the molecule is COc1cc(C2/C(=C(\O)c3ccc4c(c3)CC(C)O4)C(=O)C(=O)N2CCN(C)C)cc(OC)c1OC. The van der Waals surface area contributed by atoms with Crippen molar-refractivity contribution in [1.82, 2.24) is 9.80 Å². The molecule has 0 spiro atoms. The number of carbonyl (C=O) groups excluding carboxylic acids is 2. The molecule has 0 radical (unpaired) electrons. The van der Waals surface area contributed by atoms with E-state index in [-0.39, 0.29) is 24.0 Å². The standard InChI is InChI=1S/C27H32N2O7/c1-15-11-17-12-16(7-8-19(17)36-15)24(30)22-23(29(10-9-28(2)3)27(32)25(22)31)18-13-20(33-4)26(35-6)21(14-18)34-5/h7-8,12-15,23,30H,9-11H2,1-6H3/b24-22+. The van der Waals surface area contributed by atoms with Crippen molar-refractivity contribution in [2.24, 2.45) is 0 Å². The second-order valence-electron chi connectivity index (χ2n) is 9.21. The van der Waals surface area contributed by atoms with Crippen LogP contribution in [0.1, 0.15) is 29.7 Å². The van der Waals surface area contributed by atoms with Gasteiger partial charge in [-0.05, 0) is 62.5 Å². The van der Waals surface area contributed by atoms with E-state index in [4.69, 9.17) is 18.9 Å². The summed E-state index contributed by atoms with van der Waals surface area (Å²) in [5.74, 6) is 0.267. The fourth-order valence-electron chi connectivity index (χ4n) is 4.75. The molecule has 2 atom stereocenters. The topological polar surface area (TPSA) is 97.8 Å². The van der Waals surface area contributed by atoms with E-state index in [2.05, 4.69) is 0 Å². The van der Waals surface area contributed by atoms with Crippen molar-refractivity contribution in [3.05, 3.63) is 52.6 Å². The first-order valence-corrected chi connectivity index (χ1v) is 11.7. The van der Waals surface area contributed by atoms with Crippen molar-refractivity contribution in [2.45, 2.75) is 25.5 Å². The Kier molecular flexibility index (Phi) is 7.12. The van der Waals surface area contributed by atoms with Crippen LogP contribution in [0.5, 0.6) is 23.0 Å². The summed E-state index contributed by atoms with van der Waals surface area (Å²) in [6.07, 6.45) is 0.734. The summed E-state index contributed by atoms with van der Waals surface area (Å²) in [4.78, 5) is 30.0. The van der Waals surface area contributed by atoms with Crippen molar-refractivity contribution >= 4 is 17.4 Å². The van der Waals surface area contributed by atoms with Crippen LogP contribution in [0.3, 0.4) is 0 Å². The molecule has 0 bridgehead atoms. The quantitative estimate of drug-likeness (QED) is 0.338. The molecule has 0 aliphatic carbocycles. The number of aliphatic hydroxyl groups is 1. The first kappa shape index (κ1) is 25.4. The van der Waals surface area contributed by atoms with Crippen LogP contribution in [0.15, 0.2) is 35.9 Å². The number of amides is 1. The lowest BCUT2D eigenvalue weighted by atomic mass is 9.94. The number of likely N-dealkylation sites (tertiary alicyclic amines) is 1. The third-order valence-electron chi connectivity index (χ3n) is 6.50. The lowest BCUT2D eigenvalue weighted by Crippen LogP contribution is -2.35. The summed E-state index contributed by atoms with van der Waals surface area (Å²) in [6, 6.07) is 7.85. The first-order valence-electron chi connectivity index (χ1n) is 11.7. The molecular weight excluding hydrogens is 464 g/mol. The number of methoxy groups -OCH3 is 3. The van der Waals surface area contributed by atoms with E-state index in [1.807, 2.05) is 32.0 Å². The summed E-state index contributed by atoms with van der Waals surface area (Å²) in [5, 5.41) is 11.4. The van der Waals surface area contributed by atoms with Crippen molar-refractivity contribution in [3.8, 4) is 23.0 Å². The summed E-state index contributed by atoms with van der Waals surface area (Å²) < 4.78 is 22.2. The van der Waals surface area contributed by atoms with Gasteiger partial charge in [-0.25, -0.2) is 0 Å². The Morgan fingerprint density at radius 1 is 1.08 bits per heavy atom. The van der Waals surface area contributed by atoms with Gasteiger partial charge in [-0.1, -0.05) is 0 Å². The normalized spacial score (nSPS) is 20.5. The maximum absolute atomic E-state index is 13.3. The van der Waals surface area contributed by atoms with Gasteiger partial charge in [0.15, 0.2) is 11.5 Å². The molecule has 2 aliphatic rings. The number of aliphatic hydroxyl groups excluding tert-OH is 1. The average molecular weight is 497 g/mol. The van der Waals surface area contributed by atoms with Crippen molar-refractivity contribution in [2.75, 3.05) is 48.5 Å². The van der Waals surface area contributed by atoms with E-state index in [0.29, 0.717) is 41.3 Å². The van der Waals surface area contributed by atoms with Crippen LogP contribution in [0.25, 0.3) is 5.76 Å². The minimum Gasteiger partial charge on any atom is -0.507 e. The summed E-state index contributed by atoms with van der Waals surface area (Å²) in [7, 11) is 8.27. The highest BCUT2D eigenvalue weighted by Crippen LogP contribution is 2.46. The zero-order chi connectivity index (χ0) is 26.1. The molecule has 1 N–H and O–H groups in total. The van der Waals surface area contributed by atoms with Gasteiger partial charge in [0.05, 0.1) is 32.9 Å². The van der Waals surface area contributed by atoms with E-state index in [0.717, 1.165) is 11.3 Å². The molecule has 1 amide bonds. The van der Waals surface area contributed by atoms with Gasteiger partial charge in [0.1, 0.15) is 17.6 Å². The molecule has 0 saturated carbocycles. The highest BCUT2D eigenvalue weighted by Gasteiger charge is 2.46. The summed E-state index contributed by atoms with van der Waals surface area (Å²) in [6.45, 7) is 2.79. The zero-order valence-electron chi connectivity index (χ0n) is 21.5. The smallest absolute Gasteiger partial charge is 0.295 e. The molecule has 1 fully saturated rings. The maximum atomic E-state index is 13.3. The van der Waals surface area contributed by atoms with Gasteiger partial charge >= 0.3 is 0 Å². The molecule has 9 heteroatoms. The molecule has 36 heavy (non-hydrogen) atoms. The number of nitrogens with zero attached hydrogens (tertiary/aromatic N) is 2. The van der Waals surface area contributed by atoms with Crippen molar-refractivity contribution in [3.63, 3.8) is 0 Å². The first-order chi connectivity index (χ1) is 17.2. The van der Waals surface area contributed by atoms with Gasteiger partial charge in [0.25, 0.3) is 11.7 Å². The van der Waals surface area contributed by atoms with Crippen LogP contribution in [0.2, 0.25) is 0 Å². The predicted molar refractivity (Wildman–Crippen MR) is 134 cm³/mol. The number of rotatable bonds is 8. The van der Waals surface area contributed by atoms with Gasteiger partial charge in [-0.3, -0.25) is 9.59 Å². The molecule has 192 valence electrons. The highest BCUT2D eigenvalue weighted by molar-refractivity contribution is 6.46. The third-order valence-corrected chi connectivity index (χ3v) is 6.50. The van der Waals surface area contributed by atoms with Gasteiger partial charge in [0, 0.05) is 25.1 Å². The maximum Gasteiger partial charge on any atom is 0.295 e. The van der Waals surface area contributed by atoms with E-state index in [1.165, 1.54) is 26.2 Å². The number of Topliss-reactive ketones (excluding diaryl/α,β-unsaturated/α-hetero) is 1. The summed E-state index contributed by atoms with van der Waals surface area (Å²) >= 11 is 0. The molecule has 0 aromatic heterocycles. The van der Waals surface area contributed by atoms with Crippen LogP contribution < -0.4 is 18.9 Å². The predicted octanol–water partition coefficient (Wildman–Crippen LogP) is 3.02. The lowest BCUT2D eigenvalue weighted by molar-refractivity contribution is -0.140. The number of fused-ring (bicyclic) bond motifs is 1. The highest BCUT2D eigenvalue weighted by atomic mass is 16.5. The largest absolute Gasteiger partial charge is 0.507 e. The Morgan fingerprint density at radius 2 is 1.75 bits per heavy atom. The second kappa shape index (κ2) is 10.1. The number of ketones is 1. The Labute approximate surface area is 210 Å². The third kappa shape index (κ3) is 4.46. The van der Waals surface area contributed by atoms with Gasteiger partial charge < -0.3 is 33.9 Å². The fraction of sp³-hybridized carbons (Fsp3) is 0.407. The van der Waals surface area contributed by atoms with Crippen LogP contribution in [0.4, 0.5) is 0 Å². The van der Waals surface area contributed by atoms with Crippen LogP contribution in [-0.2, 0) is 16.0 Å². The Hall–Kier alpha value is -3.72. The van der Waals surface area contributed by atoms with Crippen LogP contribution >= 0.6 is 0 Å². The van der Waals surface area contributed by atoms with Gasteiger partial charge in [0.2, 0.25) is 5.75 Å². The summed E-state index contributed by atoms with van der Waals surface area (Å²) in [5.41, 5.74) is 1.97.